The number of aryl methyl sites for hydroxylation is 1. The first-order chi connectivity index (χ1) is 13.7. The van der Waals surface area contributed by atoms with Crippen LogP contribution in [-0.4, -0.2) is 21.1 Å². The Morgan fingerprint density at radius 2 is 1.86 bits per heavy atom. The summed E-state index contributed by atoms with van der Waals surface area (Å²) in [6, 6.07) is 13.3. The Kier molecular flexibility index (Phi) is 5.55. The summed E-state index contributed by atoms with van der Waals surface area (Å²) in [4.78, 5) is 29.7. The lowest BCUT2D eigenvalue weighted by Gasteiger charge is -2.17. The highest BCUT2D eigenvalue weighted by molar-refractivity contribution is 5.78. The molecule has 1 saturated carbocycles. The first kappa shape index (κ1) is 18.5. The number of oxazole rings is 1. The molecule has 0 spiro atoms. The molecule has 6 nitrogen and oxygen atoms in total. The second-order valence-electron chi connectivity index (χ2n) is 7.33. The molecule has 0 aliphatic heterocycles. The Bertz CT molecular complexity index is 1080. The van der Waals surface area contributed by atoms with Gasteiger partial charge < -0.3 is 4.42 Å². The monoisotopic (exact) mass is 379 g/mol. The Morgan fingerprint density at radius 3 is 2.71 bits per heavy atom. The number of pyridine rings is 1. The van der Waals surface area contributed by atoms with E-state index in [1.807, 2.05) is 36.4 Å². The molecule has 1 aliphatic carbocycles. The lowest BCUT2D eigenvalue weighted by Crippen LogP contribution is -2.29. The zero-order valence-corrected chi connectivity index (χ0v) is 15.9. The van der Waals surface area contributed by atoms with Gasteiger partial charge in [0.1, 0.15) is 5.49 Å². The lowest BCUT2D eigenvalue weighted by atomic mass is 9.96. The van der Waals surface area contributed by atoms with Crippen molar-refractivity contribution in [2.24, 2.45) is 4.99 Å². The third-order valence-corrected chi connectivity index (χ3v) is 5.34. The first-order valence-electron chi connectivity index (χ1n) is 10.1. The van der Waals surface area contributed by atoms with Crippen molar-refractivity contribution in [2.45, 2.75) is 57.5 Å². The summed E-state index contributed by atoms with van der Waals surface area (Å²) < 4.78 is 8.48. The van der Waals surface area contributed by atoms with E-state index in [2.05, 4.69) is 0 Å². The van der Waals surface area contributed by atoms with Gasteiger partial charge in [0.25, 0.3) is 0 Å². The maximum atomic E-state index is 12.8. The molecule has 0 bridgehead atoms. The van der Waals surface area contributed by atoms with Gasteiger partial charge in [-0.3, -0.25) is 18.9 Å². The highest BCUT2D eigenvalue weighted by Gasteiger charge is 2.13. The van der Waals surface area contributed by atoms with Crippen LogP contribution < -0.4 is 11.2 Å². The highest BCUT2D eigenvalue weighted by Crippen LogP contribution is 2.19. The molecule has 0 amide bonds. The average Bonchev–Trinajstić information content (AvgIpc) is 3.04. The van der Waals surface area contributed by atoms with E-state index in [-0.39, 0.29) is 11.7 Å². The minimum absolute atomic E-state index is 0.00370. The van der Waals surface area contributed by atoms with E-state index in [9.17, 15) is 9.59 Å². The van der Waals surface area contributed by atoms with Crippen LogP contribution in [0.3, 0.4) is 0 Å². The van der Waals surface area contributed by atoms with Gasteiger partial charge in [0.2, 0.25) is 5.91 Å². The van der Waals surface area contributed by atoms with E-state index in [0.717, 1.165) is 23.8 Å². The third kappa shape index (κ3) is 4.01. The third-order valence-electron chi connectivity index (χ3n) is 5.34. The van der Waals surface area contributed by atoms with E-state index in [4.69, 9.17) is 9.41 Å². The molecule has 0 unspecified atom stereocenters. The molecule has 28 heavy (non-hydrogen) atoms. The van der Waals surface area contributed by atoms with Gasteiger partial charge in [0.05, 0.1) is 11.6 Å². The first-order valence-corrected chi connectivity index (χ1v) is 10.1. The molecule has 0 radical (unpaired) electrons. The smallest absolute Gasteiger partial charge is 0.408 e. The molecule has 1 fully saturated rings. The summed E-state index contributed by atoms with van der Waals surface area (Å²) in [5.41, 5.74) is 2.07. The maximum Gasteiger partial charge on any atom is 0.419 e. The minimum Gasteiger partial charge on any atom is -0.408 e. The number of carbonyl (C=O) groups is 1. The standard InChI is InChI=1S/C22H25N3O3/c26-21(14-8-16-24-18-11-4-5-12-19(18)28-22(24)27)25-15-7-6-13-20(25)23-17-9-2-1-3-10-17/h4-7,11-13,15,17H,1-3,8-10,14,16H2. The quantitative estimate of drug-likeness (QED) is 0.678. The second kappa shape index (κ2) is 8.42. The molecule has 0 saturated heterocycles. The van der Waals surface area contributed by atoms with Crippen LogP contribution in [-0.2, 0) is 6.54 Å². The minimum atomic E-state index is -0.381. The average molecular weight is 379 g/mol. The topological polar surface area (TPSA) is 69.5 Å². The lowest BCUT2D eigenvalue weighted by molar-refractivity contribution is 0.0892. The van der Waals surface area contributed by atoms with Crippen LogP contribution in [0.5, 0.6) is 0 Å². The van der Waals surface area contributed by atoms with Crippen molar-refractivity contribution in [3.63, 3.8) is 0 Å². The van der Waals surface area contributed by atoms with Gasteiger partial charge in [-0.05, 0) is 43.5 Å². The Balaban J connectivity index is 1.46. The number of hydrogen-bond acceptors (Lipinski definition) is 4. The summed E-state index contributed by atoms with van der Waals surface area (Å²) in [5, 5.41) is 0. The number of rotatable bonds is 5. The number of hydrogen-bond donors (Lipinski definition) is 0. The van der Waals surface area contributed by atoms with Gasteiger partial charge in [-0.2, -0.15) is 0 Å². The van der Waals surface area contributed by atoms with Crippen molar-refractivity contribution < 1.29 is 9.21 Å². The normalized spacial score (nSPS) is 15.9. The molecule has 3 aromatic rings. The number of para-hydroxylation sites is 2. The van der Waals surface area contributed by atoms with Gasteiger partial charge in [-0.1, -0.05) is 37.5 Å². The molecule has 1 aliphatic rings. The summed E-state index contributed by atoms with van der Waals surface area (Å²) in [5.74, 6) is -0.384. The molecule has 0 atom stereocenters. The van der Waals surface area contributed by atoms with Crippen molar-refractivity contribution in [1.29, 1.82) is 0 Å². The van der Waals surface area contributed by atoms with Gasteiger partial charge in [-0.15, -0.1) is 0 Å². The molecule has 0 N–H and O–H groups in total. The molecular formula is C22H25N3O3. The van der Waals surface area contributed by atoms with Crippen LogP contribution >= 0.6 is 0 Å². The van der Waals surface area contributed by atoms with E-state index in [1.165, 1.54) is 19.3 Å². The van der Waals surface area contributed by atoms with E-state index >= 15 is 0 Å². The Labute approximate surface area is 163 Å². The van der Waals surface area contributed by atoms with Crippen LogP contribution in [0.4, 0.5) is 0 Å². The zero-order chi connectivity index (χ0) is 19.3. The summed E-state index contributed by atoms with van der Waals surface area (Å²) in [7, 11) is 0. The molecule has 6 heteroatoms. The van der Waals surface area contributed by atoms with Crippen molar-refractivity contribution in [3.05, 3.63) is 64.7 Å². The van der Waals surface area contributed by atoms with Gasteiger partial charge in [-0.25, -0.2) is 4.79 Å². The predicted molar refractivity (Wildman–Crippen MR) is 107 cm³/mol. The fraction of sp³-hybridized carbons (Fsp3) is 0.409. The Hall–Kier alpha value is -2.89. The van der Waals surface area contributed by atoms with Crippen LogP contribution in [0.25, 0.3) is 11.1 Å². The molecule has 2 heterocycles. The maximum absolute atomic E-state index is 12.8. The summed E-state index contributed by atoms with van der Waals surface area (Å²) in [6.07, 6.45) is 8.58. The summed E-state index contributed by atoms with van der Waals surface area (Å²) >= 11 is 0. The number of nitrogens with zero attached hydrogens (tertiary/aromatic N) is 3. The van der Waals surface area contributed by atoms with Gasteiger partial charge in [0.15, 0.2) is 5.58 Å². The van der Waals surface area contributed by atoms with Crippen molar-refractivity contribution >= 4 is 17.0 Å². The molecule has 2 aromatic heterocycles. The molecule has 146 valence electrons. The highest BCUT2D eigenvalue weighted by atomic mass is 16.4. The van der Waals surface area contributed by atoms with Crippen molar-refractivity contribution in [1.82, 2.24) is 9.13 Å². The number of benzene rings is 1. The number of carbonyl (C=O) groups excluding carboxylic acids is 1. The van der Waals surface area contributed by atoms with Gasteiger partial charge >= 0.3 is 5.76 Å². The molecule has 1 aromatic carbocycles. The van der Waals surface area contributed by atoms with E-state index in [1.54, 1.807) is 21.4 Å². The van der Waals surface area contributed by atoms with Crippen LogP contribution in [0.1, 0.15) is 49.7 Å². The molecule has 4 rings (SSSR count). The fourth-order valence-corrected chi connectivity index (χ4v) is 3.88. The Morgan fingerprint density at radius 1 is 1.07 bits per heavy atom. The van der Waals surface area contributed by atoms with E-state index < -0.39 is 0 Å². The van der Waals surface area contributed by atoms with Gasteiger partial charge in [0, 0.05) is 19.2 Å². The fourth-order valence-electron chi connectivity index (χ4n) is 3.88. The summed E-state index contributed by atoms with van der Waals surface area (Å²) in [6.45, 7) is 0.448. The largest absolute Gasteiger partial charge is 0.419 e. The molecular weight excluding hydrogens is 354 g/mol. The van der Waals surface area contributed by atoms with E-state index in [0.29, 0.717) is 31.0 Å². The predicted octanol–water partition coefficient (Wildman–Crippen LogP) is 3.75. The number of fused-ring (bicyclic) bond motifs is 1. The van der Waals surface area contributed by atoms with Crippen molar-refractivity contribution in [2.75, 3.05) is 0 Å². The van der Waals surface area contributed by atoms with Crippen LogP contribution in [0.2, 0.25) is 0 Å². The number of aromatic nitrogens is 2. The second-order valence-corrected chi connectivity index (χ2v) is 7.33. The zero-order valence-electron chi connectivity index (χ0n) is 15.9. The van der Waals surface area contributed by atoms with Crippen LogP contribution in [0.15, 0.2) is 62.9 Å². The SMILES string of the molecule is O=C(CCCn1c(=O)oc2ccccc21)n1ccccc1=NC1CCCCC1. The van der Waals surface area contributed by atoms with Crippen LogP contribution in [0, 0.1) is 0 Å². The van der Waals surface area contributed by atoms with Crippen molar-refractivity contribution in [3.8, 4) is 0 Å².